The monoisotopic (exact) mass is 227 g/mol. The number of rotatable bonds is 4. The average Bonchev–Trinajstić information content (AvgIpc) is 2.25. The van der Waals surface area contributed by atoms with Gasteiger partial charge in [0.15, 0.2) is 0 Å². The number of amides is 1. The lowest BCUT2D eigenvalue weighted by atomic mass is 10.1. The van der Waals surface area contributed by atoms with Gasteiger partial charge in [-0.25, -0.2) is 0 Å². The number of carbonyl (C=O) groups excluding carboxylic acids is 1. The van der Waals surface area contributed by atoms with E-state index in [1.54, 1.807) is 13.8 Å². The highest BCUT2D eigenvalue weighted by Crippen LogP contribution is 2.11. The maximum Gasteiger partial charge on any atom is 0.239 e. The predicted molar refractivity (Wildman–Crippen MR) is 66.2 cm³/mol. The minimum Gasteiger partial charge on any atom is -0.353 e. The van der Waals surface area contributed by atoms with Crippen LogP contribution < -0.4 is 11.1 Å². The van der Waals surface area contributed by atoms with Crippen LogP contribution >= 0.6 is 0 Å². The van der Waals surface area contributed by atoms with Gasteiger partial charge in [0.1, 0.15) is 0 Å². The molecule has 1 unspecified atom stereocenters. The van der Waals surface area contributed by atoms with Gasteiger partial charge in [-0.2, -0.15) is 0 Å². The molecule has 0 spiro atoms. The Morgan fingerprint density at radius 2 is 1.94 bits per heavy atom. The minimum atomic E-state index is -0.776. The van der Waals surface area contributed by atoms with Crippen molar-refractivity contribution in [1.29, 1.82) is 0 Å². The number of nitrogens with zero attached hydrogens (tertiary/aromatic N) is 1. The molecule has 1 atom stereocenters. The lowest BCUT2D eigenvalue weighted by molar-refractivity contribution is -0.125. The smallest absolute Gasteiger partial charge is 0.239 e. The zero-order chi connectivity index (χ0) is 12.2. The van der Waals surface area contributed by atoms with Gasteiger partial charge >= 0.3 is 0 Å². The highest BCUT2D eigenvalue weighted by Gasteiger charge is 2.23. The molecule has 4 nitrogen and oxygen atoms in total. The Hall–Kier alpha value is -0.610. The first-order valence-electron chi connectivity index (χ1n) is 6.22. The van der Waals surface area contributed by atoms with Crippen LogP contribution in [0.1, 0.15) is 40.0 Å². The summed E-state index contributed by atoms with van der Waals surface area (Å²) in [6, 6.07) is 0.409. The average molecular weight is 227 g/mol. The van der Waals surface area contributed by atoms with Crippen LogP contribution in [0.4, 0.5) is 0 Å². The number of hydrogen-bond acceptors (Lipinski definition) is 3. The molecule has 0 aromatic heterocycles. The van der Waals surface area contributed by atoms with Gasteiger partial charge in [0, 0.05) is 12.6 Å². The summed E-state index contributed by atoms with van der Waals surface area (Å²) < 4.78 is 0. The van der Waals surface area contributed by atoms with E-state index >= 15 is 0 Å². The highest BCUT2D eigenvalue weighted by molar-refractivity contribution is 5.85. The molecule has 1 rings (SSSR count). The van der Waals surface area contributed by atoms with Crippen LogP contribution in [0.3, 0.4) is 0 Å². The van der Waals surface area contributed by atoms with Gasteiger partial charge in [-0.1, -0.05) is 6.42 Å². The van der Waals surface area contributed by atoms with E-state index < -0.39 is 5.54 Å². The number of piperidine rings is 1. The fraction of sp³-hybridized carbons (Fsp3) is 0.917. The molecule has 1 aliphatic rings. The Labute approximate surface area is 98.6 Å². The molecule has 0 bridgehead atoms. The molecular weight excluding hydrogens is 202 g/mol. The maximum atomic E-state index is 11.6. The molecule has 16 heavy (non-hydrogen) atoms. The number of hydrogen-bond donors (Lipinski definition) is 2. The van der Waals surface area contributed by atoms with Crippen molar-refractivity contribution in [2.24, 2.45) is 5.73 Å². The van der Waals surface area contributed by atoms with Crippen molar-refractivity contribution in [3.8, 4) is 0 Å². The molecule has 1 aliphatic heterocycles. The summed E-state index contributed by atoms with van der Waals surface area (Å²) >= 11 is 0. The first kappa shape index (κ1) is 13.5. The normalized spacial score (nSPS) is 20.5. The number of likely N-dealkylation sites (tertiary alicyclic amines) is 1. The highest BCUT2D eigenvalue weighted by atomic mass is 16.2. The molecule has 1 heterocycles. The van der Waals surface area contributed by atoms with E-state index in [2.05, 4.69) is 17.1 Å². The van der Waals surface area contributed by atoms with Crippen molar-refractivity contribution in [1.82, 2.24) is 10.2 Å². The standard InChI is InChI=1S/C12H25N3O/c1-10(15-7-5-4-6-8-15)9-14-11(16)12(2,3)13/h10H,4-9,13H2,1-3H3,(H,14,16). The van der Waals surface area contributed by atoms with Crippen molar-refractivity contribution < 1.29 is 4.79 Å². The maximum absolute atomic E-state index is 11.6. The summed E-state index contributed by atoms with van der Waals surface area (Å²) in [5.41, 5.74) is 4.94. The molecule has 94 valence electrons. The second kappa shape index (κ2) is 5.64. The molecule has 0 aromatic carbocycles. The van der Waals surface area contributed by atoms with Crippen LogP contribution in [-0.2, 0) is 4.79 Å². The molecule has 0 aliphatic carbocycles. The van der Waals surface area contributed by atoms with Crippen LogP contribution in [0.2, 0.25) is 0 Å². The van der Waals surface area contributed by atoms with Gasteiger partial charge < -0.3 is 11.1 Å². The molecular formula is C12H25N3O. The second-order valence-electron chi connectivity index (χ2n) is 5.38. The molecule has 4 heteroatoms. The van der Waals surface area contributed by atoms with Gasteiger partial charge in [-0.05, 0) is 46.7 Å². The van der Waals surface area contributed by atoms with Crippen molar-refractivity contribution in [3.05, 3.63) is 0 Å². The van der Waals surface area contributed by atoms with E-state index in [-0.39, 0.29) is 5.91 Å². The summed E-state index contributed by atoms with van der Waals surface area (Å²) in [6.45, 7) is 8.63. The van der Waals surface area contributed by atoms with Crippen LogP contribution in [-0.4, -0.2) is 42.0 Å². The third kappa shape index (κ3) is 4.10. The van der Waals surface area contributed by atoms with Crippen LogP contribution in [0.15, 0.2) is 0 Å². The van der Waals surface area contributed by atoms with E-state index in [0.717, 1.165) is 13.1 Å². The second-order valence-corrected chi connectivity index (χ2v) is 5.38. The van der Waals surface area contributed by atoms with Gasteiger partial charge in [-0.15, -0.1) is 0 Å². The Bertz CT molecular complexity index is 229. The third-order valence-corrected chi connectivity index (χ3v) is 3.16. The molecule has 0 radical (unpaired) electrons. The summed E-state index contributed by atoms with van der Waals surface area (Å²) in [5.74, 6) is -0.0728. The molecule has 0 saturated carbocycles. The molecule has 1 fully saturated rings. The molecule has 1 amide bonds. The Balaban J connectivity index is 2.29. The van der Waals surface area contributed by atoms with Crippen molar-refractivity contribution in [2.45, 2.75) is 51.6 Å². The largest absolute Gasteiger partial charge is 0.353 e. The minimum absolute atomic E-state index is 0.0728. The lowest BCUT2D eigenvalue weighted by Crippen LogP contribution is -2.52. The molecule has 1 saturated heterocycles. The number of carbonyl (C=O) groups is 1. The van der Waals surface area contributed by atoms with E-state index in [0.29, 0.717) is 12.6 Å². The van der Waals surface area contributed by atoms with Gasteiger partial charge in [0.25, 0.3) is 0 Å². The quantitative estimate of drug-likeness (QED) is 0.744. The van der Waals surface area contributed by atoms with E-state index in [1.807, 2.05) is 0 Å². The summed E-state index contributed by atoms with van der Waals surface area (Å²) in [4.78, 5) is 14.0. The van der Waals surface area contributed by atoms with E-state index in [9.17, 15) is 4.79 Å². The summed E-state index contributed by atoms with van der Waals surface area (Å²) in [6.07, 6.45) is 3.90. The first-order valence-corrected chi connectivity index (χ1v) is 6.22. The lowest BCUT2D eigenvalue weighted by Gasteiger charge is -2.33. The van der Waals surface area contributed by atoms with Crippen molar-refractivity contribution >= 4 is 5.91 Å². The van der Waals surface area contributed by atoms with Crippen molar-refractivity contribution in [3.63, 3.8) is 0 Å². The Kier molecular flexibility index (Phi) is 4.74. The fourth-order valence-corrected chi connectivity index (χ4v) is 1.96. The van der Waals surface area contributed by atoms with Crippen LogP contribution in [0.25, 0.3) is 0 Å². The summed E-state index contributed by atoms with van der Waals surface area (Å²) in [7, 11) is 0. The zero-order valence-corrected chi connectivity index (χ0v) is 10.8. The topological polar surface area (TPSA) is 58.4 Å². The van der Waals surface area contributed by atoms with Gasteiger partial charge in [0.05, 0.1) is 5.54 Å². The molecule has 0 aromatic rings. The third-order valence-electron chi connectivity index (χ3n) is 3.16. The van der Waals surface area contributed by atoms with Crippen LogP contribution in [0, 0.1) is 0 Å². The van der Waals surface area contributed by atoms with E-state index in [4.69, 9.17) is 5.73 Å². The molecule has 3 N–H and O–H groups in total. The van der Waals surface area contributed by atoms with Gasteiger partial charge in [-0.3, -0.25) is 9.69 Å². The van der Waals surface area contributed by atoms with Crippen molar-refractivity contribution in [2.75, 3.05) is 19.6 Å². The summed E-state index contributed by atoms with van der Waals surface area (Å²) in [5, 5.41) is 2.91. The van der Waals surface area contributed by atoms with Gasteiger partial charge in [0.2, 0.25) is 5.91 Å². The Morgan fingerprint density at radius 1 is 1.38 bits per heavy atom. The Morgan fingerprint density at radius 3 is 2.44 bits per heavy atom. The fourth-order valence-electron chi connectivity index (χ4n) is 1.96. The van der Waals surface area contributed by atoms with E-state index in [1.165, 1.54) is 19.3 Å². The zero-order valence-electron chi connectivity index (χ0n) is 10.8. The van der Waals surface area contributed by atoms with Crippen LogP contribution in [0.5, 0.6) is 0 Å². The number of nitrogens with one attached hydrogen (secondary N) is 1. The first-order chi connectivity index (χ1) is 7.41. The SMILES string of the molecule is CC(CNC(=O)C(C)(C)N)N1CCCCC1. The number of nitrogens with two attached hydrogens (primary N) is 1. The predicted octanol–water partition coefficient (Wildman–Crippen LogP) is 0.714.